The fourth-order valence-electron chi connectivity index (χ4n) is 0.828. The number of allylic oxidation sites excluding steroid dienone is 2. The Morgan fingerprint density at radius 3 is 2.00 bits per heavy atom. The highest BCUT2D eigenvalue weighted by Crippen LogP contribution is 2.07. The van der Waals surface area contributed by atoms with Crippen molar-refractivity contribution in [1.82, 2.24) is 0 Å². The average molecular weight is 167 g/mol. The summed E-state index contributed by atoms with van der Waals surface area (Å²) in [5.74, 6) is -1.07. The molecule has 0 amide bonds. The summed E-state index contributed by atoms with van der Waals surface area (Å²) in [4.78, 5) is 9.38. The van der Waals surface area contributed by atoms with Crippen molar-refractivity contribution in [2.45, 2.75) is 32.1 Å². The summed E-state index contributed by atoms with van der Waals surface area (Å²) in [5, 5.41) is 15.3. The molecule has 3 heteroatoms. The summed E-state index contributed by atoms with van der Waals surface area (Å²) in [6.45, 7) is 0. The van der Waals surface area contributed by atoms with Gasteiger partial charge in [0.05, 0.1) is 6.07 Å². The van der Waals surface area contributed by atoms with Crippen molar-refractivity contribution in [2.24, 2.45) is 0 Å². The highest BCUT2D eigenvalue weighted by Gasteiger charge is 1.87. The lowest BCUT2D eigenvalue weighted by atomic mass is 10.1. The van der Waals surface area contributed by atoms with E-state index < -0.39 is 12.4 Å². The maximum atomic E-state index is 9.38. The molecule has 1 aliphatic rings. The molecule has 12 heavy (non-hydrogen) atoms. The van der Waals surface area contributed by atoms with Gasteiger partial charge in [0, 0.05) is 0 Å². The van der Waals surface area contributed by atoms with Gasteiger partial charge in [-0.3, -0.25) is 4.79 Å². The van der Waals surface area contributed by atoms with E-state index in [9.17, 15) is 4.79 Å². The van der Waals surface area contributed by atoms with Crippen LogP contribution in [0.25, 0.3) is 0 Å². The summed E-state index contributed by atoms with van der Waals surface area (Å²) in [5.41, 5.74) is 0. The van der Waals surface area contributed by atoms with Crippen LogP contribution in [0.2, 0.25) is 0 Å². The Labute approximate surface area is 72.3 Å². The van der Waals surface area contributed by atoms with Crippen molar-refractivity contribution in [3.8, 4) is 6.07 Å². The second kappa shape index (κ2) is 7.80. The summed E-state index contributed by atoms with van der Waals surface area (Å²) in [7, 11) is 0. The number of hydrogen-bond acceptors (Lipinski definition) is 2. The first-order valence-electron chi connectivity index (χ1n) is 4.01. The number of nitriles is 1. The lowest BCUT2D eigenvalue weighted by molar-refractivity contribution is -0.135. The van der Waals surface area contributed by atoms with Crippen LogP contribution in [-0.4, -0.2) is 11.1 Å². The summed E-state index contributed by atoms with van der Waals surface area (Å²) < 4.78 is 0. The van der Waals surface area contributed by atoms with Crippen LogP contribution >= 0.6 is 0 Å². The van der Waals surface area contributed by atoms with Gasteiger partial charge in [-0.25, -0.2) is 0 Å². The Kier molecular flexibility index (Phi) is 6.96. The van der Waals surface area contributed by atoms with E-state index in [-0.39, 0.29) is 0 Å². The number of rotatable bonds is 1. The minimum absolute atomic E-state index is 0.403. The monoisotopic (exact) mass is 167 g/mol. The molecule has 3 nitrogen and oxygen atoms in total. The minimum atomic E-state index is -1.07. The van der Waals surface area contributed by atoms with Crippen LogP contribution in [0.3, 0.4) is 0 Å². The Morgan fingerprint density at radius 2 is 1.92 bits per heavy atom. The van der Waals surface area contributed by atoms with Crippen LogP contribution in [0.1, 0.15) is 32.1 Å². The molecular weight excluding hydrogens is 154 g/mol. The second-order valence-corrected chi connectivity index (χ2v) is 2.48. The molecule has 1 N–H and O–H groups in total. The molecule has 0 bridgehead atoms. The maximum absolute atomic E-state index is 9.38. The molecule has 1 aliphatic carbocycles. The first-order valence-corrected chi connectivity index (χ1v) is 4.01. The maximum Gasteiger partial charge on any atom is 0.317 e. The third-order valence-corrected chi connectivity index (χ3v) is 1.39. The Balaban J connectivity index is 0.000000202. The van der Waals surface area contributed by atoms with Gasteiger partial charge in [0.1, 0.15) is 6.42 Å². The van der Waals surface area contributed by atoms with Gasteiger partial charge in [-0.15, -0.1) is 0 Å². The Hall–Kier alpha value is -1.30. The van der Waals surface area contributed by atoms with Gasteiger partial charge in [0.15, 0.2) is 0 Å². The first kappa shape index (κ1) is 10.7. The fraction of sp³-hybridized carbons (Fsp3) is 0.556. The molecule has 0 atom stereocenters. The van der Waals surface area contributed by atoms with Gasteiger partial charge < -0.3 is 5.11 Å². The largest absolute Gasteiger partial charge is 0.480 e. The molecule has 0 saturated heterocycles. The number of nitrogens with zero attached hydrogens (tertiary/aromatic N) is 1. The van der Waals surface area contributed by atoms with Crippen LogP contribution in [0.15, 0.2) is 12.2 Å². The Bertz CT molecular complexity index is 183. The van der Waals surface area contributed by atoms with Crippen LogP contribution in [0, 0.1) is 11.3 Å². The van der Waals surface area contributed by atoms with Crippen molar-refractivity contribution in [3.05, 3.63) is 12.2 Å². The SMILES string of the molecule is C1=CCCCC1.N#CCC(=O)O. The highest BCUT2D eigenvalue weighted by atomic mass is 16.4. The predicted molar refractivity (Wildman–Crippen MR) is 45.5 cm³/mol. The second-order valence-electron chi connectivity index (χ2n) is 2.48. The van der Waals surface area contributed by atoms with Gasteiger partial charge in [0.2, 0.25) is 0 Å². The molecule has 1 rings (SSSR count). The van der Waals surface area contributed by atoms with Gasteiger partial charge in [0.25, 0.3) is 0 Å². The molecular formula is C9H13NO2. The van der Waals surface area contributed by atoms with E-state index in [0.717, 1.165) is 0 Å². The van der Waals surface area contributed by atoms with Gasteiger partial charge in [-0.05, 0) is 25.7 Å². The Morgan fingerprint density at radius 1 is 1.42 bits per heavy atom. The van der Waals surface area contributed by atoms with Gasteiger partial charge in [-0.2, -0.15) is 5.26 Å². The number of carboxylic acids is 1. The fourth-order valence-corrected chi connectivity index (χ4v) is 0.828. The van der Waals surface area contributed by atoms with E-state index in [4.69, 9.17) is 10.4 Å². The molecule has 0 fully saturated rings. The molecule has 0 aliphatic heterocycles. The zero-order chi connectivity index (χ0) is 9.23. The minimum Gasteiger partial charge on any atom is -0.480 e. The van der Waals surface area contributed by atoms with E-state index in [1.165, 1.54) is 31.8 Å². The predicted octanol–water partition coefficient (Wildman–Crippen LogP) is 2.10. The van der Waals surface area contributed by atoms with E-state index in [2.05, 4.69) is 12.2 Å². The van der Waals surface area contributed by atoms with Crippen LogP contribution < -0.4 is 0 Å². The molecule has 0 aromatic carbocycles. The number of aliphatic carboxylic acids is 1. The van der Waals surface area contributed by atoms with Crippen LogP contribution in [-0.2, 0) is 4.79 Å². The lowest BCUT2D eigenvalue weighted by Gasteiger charge is -1.97. The summed E-state index contributed by atoms with van der Waals surface area (Å²) >= 11 is 0. The van der Waals surface area contributed by atoms with Gasteiger partial charge >= 0.3 is 5.97 Å². The molecule has 0 spiro atoms. The lowest BCUT2D eigenvalue weighted by Crippen LogP contribution is -1.88. The quantitative estimate of drug-likeness (QED) is 0.608. The molecule has 0 heterocycles. The van der Waals surface area contributed by atoms with Crippen molar-refractivity contribution in [2.75, 3.05) is 0 Å². The highest BCUT2D eigenvalue weighted by molar-refractivity contribution is 5.69. The third kappa shape index (κ3) is 8.70. The van der Waals surface area contributed by atoms with Crippen molar-refractivity contribution in [1.29, 1.82) is 5.26 Å². The molecule has 0 unspecified atom stereocenters. The number of carboxylic acid groups (broad SMARTS) is 1. The van der Waals surface area contributed by atoms with Crippen molar-refractivity contribution >= 4 is 5.97 Å². The smallest absolute Gasteiger partial charge is 0.317 e. The van der Waals surface area contributed by atoms with Crippen molar-refractivity contribution in [3.63, 3.8) is 0 Å². The number of hydrogen-bond donors (Lipinski definition) is 1. The topological polar surface area (TPSA) is 61.1 Å². The molecule has 0 aromatic heterocycles. The molecule has 0 aromatic rings. The zero-order valence-corrected chi connectivity index (χ0v) is 6.99. The van der Waals surface area contributed by atoms with E-state index >= 15 is 0 Å². The van der Waals surface area contributed by atoms with E-state index in [1.54, 1.807) is 0 Å². The van der Waals surface area contributed by atoms with Crippen LogP contribution in [0.5, 0.6) is 0 Å². The van der Waals surface area contributed by atoms with Crippen molar-refractivity contribution < 1.29 is 9.90 Å². The van der Waals surface area contributed by atoms with Gasteiger partial charge in [-0.1, -0.05) is 12.2 Å². The standard InChI is InChI=1S/C6H10.C3H3NO2/c1-2-4-6-5-3-1;4-2-1-3(5)6/h1-2H,3-6H2;1H2,(H,5,6). The molecule has 0 saturated carbocycles. The molecule has 0 radical (unpaired) electrons. The third-order valence-electron chi connectivity index (χ3n) is 1.39. The summed E-state index contributed by atoms with van der Waals surface area (Å²) in [6.07, 6.45) is 9.60. The molecule has 66 valence electrons. The normalized spacial score (nSPS) is 13.9. The first-order chi connectivity index (χ1) is 5.77. The zero-order valence-electron chi connectivity index (χ0n) is 6.99. The van der Waals surface area contributed by atoms with E-state index in [0.29, 0.717) is 0 Å². The van der Waals surface area contributed by atoms with E-state index in [1.807, 2.05) is 0 Å². The summed E-state index contributed by atoms with van der Waals surface area (Å²) in [6, 6.07) is 1.47. The van der Waals surface area contributed by atoms with Crippen LogP contribution in [0.4, 0.5) is 0 Å². The average Bonchev–Trinajstić information content (AvgIpc) is 2.08. The number of carbonyl (C=O) groups is 1.